The van der Waals surface area contributed by atoms with Gasteiger partial charge in [0, 0.05) is 18.9 Å². The molecule has 0 saturated heterocycles. The SMILES string of the molecule is CC[C@H](NC(=O)[C@H](CC1CCCCC1)NC(=O)[C@@H](NC(=O)[C@H](CC(C)C)NC(=O)c1cnccn1)[C@@H](C)CC)C(=O)C(=O)NCCC(=O)O. The second kappa shape index (κ2) is 20.8. The van der Waals surface area contributed by atoms with E-state index < -0.39 is 65.5 Å². The van der Waals surface area contributed by atoms with Crippen LogP contribution >= 0.6 is 0 Å². The van der Waals surface area contributed by atoms with Crippen LogP contribution in [0.15, 0.2) is 18.6 Å². The summed E-state index contributed by atoms with van der Waals surface area (Å²) in [7, 11) is 0. The molecule has 0 spiro atoms. The van der Waals surface area contributed by atoms with Crippen LogP contribution in [0.5, 0.6) is 0 Å². The summed E-state index contributed by atoms with van der Waals surface area (Å²) in [6, 6.07) is -4.28. The summed E-state index contributed by atoms with van der Waals surface area (Å²) in [5.74, 6) is -5.64. The van der Waals surface area contributed by atoms with E-state index in [-0.39, 0.29) is 49.3 Å². The Morgan fingerprint density at radius 2 is 1.47 bits per heavy atom. The summed E-state index contributed by atoms with van der Waals surface area (Å²) in [4.78, 5) is 98.0. The number of carbonyl (C=O) groups excluding carboxylic acids is 6. The average Bonchev–Trinajstić information content (AvgIpc) is 3.08. The van der Waals surface area contributed by atoms with Crippen LogP contribution in [0.2, 0.25) is 0 Å². The van der Waals surface area contributed by atoms with Crippen molar-refractivity contribution in [3.05, 3.63) is 24.3 Å². The number of carbonyl (C=O) groups is 7. The molecule has 0 unspecified atom stereocenters. The van der Waals surface area contributed by atoms with Crippen molar-refractivity contribution in [2.24, 2.45) is 17.8 Å². The number of Topliss-reactive ketones (excluding diaryl/α,β-unsaturated/α-hetero) is 1. The summed E-state index contributed by atoms with van der Waals surface area (Å²) < 4.78 is 0. The van der Waals surface area contributed by atoms with Gasteiger partial charge in [-0.1, -0.05) is 73.1 Å². The lowest BCUT2D eigenvalue weighted by molar-refractivity contribution is -0.141. The maximum Gasteiger partial charge on any atom is 0.305 e. The van der Waals surface area contributed by atoms with E-state index in [0.717, 1.165) is 32.1 Å². The van der Waals surface area contributed by atoms with Gasteiger partial charge in [-0.3, -0.25) is 38.5 Å². The fourth-order valence-electron chi connectivity index (χ4n) is 5.71. The Morgan fingerprint density at radius 3 is 2.04 bits per heavy atom. The zero-order valence-corrected chi connectivity index (χ0v) is 29.3. The maximum absolute atomic E-state index is 13.9. The summed E-state index contributed by atoms with van der Waals surface area (Å²) in [5, 5.41) is 22.0. The third-order valence-electron chi connectivity index (χ3n) is 8.73. The summed E-state index contributed by atoms with van der Waals surface area (Å²) in [6.45, 7) is 8.84. The second-order valence-electron chi connectivity index (χ2n) is 13.2. The molecular formula is C34H53N7O8. The van der Waals surface area contributed by atoms with E-state index in [1.54, 1.807) is 13.8 Å². The monoisotopic (exact) mass is 687 g/mol. The Kier molecular flexibility index (Phi) is 17.3. The van der Waals surface area contributed by atoms with Crippen molar-refractivity contribution in [3.8, 4) is 0 Å². The van der Waals surface area contributed by atoms with Gasteiger partial charge in [-0.05, 0) is 37.0 Å². The number of nitrogens with zero attached hydrogens (tertiary/aromatic N) is 2. The Labute approximate surface area is 287 Å². The first-order chi connectivity index (χ1) is 23.3. The summed E-state index contributed by atoms with van der Waals surface area (Å²) in [5.41, 5.74) is 0.0402. The first kappa shape index (κ1) is 40.7. The predicted octanol–water partition coefficient (Wildman–Crippen LogP) is 1.66. The van der Waals surface area contributed by atoms with Crippen LogP contribution < -0.4 is 26.6 Å². The van der Waals surface area contributed by atoms with Crippen molar-refractivity contribution in [1.82, 2.24) is 36.6 Å². The molecule has 15 nitrogen and oxygen atoms in total. The van der Waals surface area contributed by atoms with Crippen LogP contribution in [-0.4, -0.2) is 87.1 Å². The average molecular weight is 688 g/mol. The summed E-state index contributed by atoms with van der Waals surface area (Å²) >= 11 is 0. The molecule has 2 rings (SSSR count). The first-order valence-corrected chi connectivity index (χ1v) is 17.3. The third kappa shape index (κ3) is 13.9. The van der Waals surface area contributed by atoms with Gasteiger partial charge in [0.25, 0.3) is 11.8 Å². The number of amides is 5. The van der Waals surface area contributed by atoms with E-state index in [4.69, 9.17) is 5.11 Å². The Bertz CT molecular complexity index is 1290. The molecule has 1 fully saturated rings. The van der Waals surface area contributed by atoms with Crippen LogP contribution in [0.4, 0.5) is 0 Å². The number of hydrogen-bond donors (Lipinski definition) is 6. The largest absolute Gasteiger partial charge is 0.481 e. The first-order valence-electron chi connectivity index (χ1n) is 17.3. The minimum atomic E-state index is -1.19. The van der Waals surface area contributed by atoms with E-state index in [0.29, 0.717) is 12.8 Å². The highest BCUT2D eigenvalue weighted by molar-refractivity contribution is 6.38. The highest BCUT2D eigenvalue weighted by atomic mass is 16.4. The van der Waals surface area contributed by atoms with Gasteiger partial charge in [0.1, 0.15) is 23.8 Å². The Morgan fingerprint density at radius 1 is 0.816 bits per heavy atom. The number of hydrogen-bond acceptors (Lipinski definition) is 9. The molecule has 1 heterocycles. The van der Waals surface area contributed by atoms with Crippen LogP contribution in [0.3, 0.4) is 0 Å². The molecule has 0 aliphatic heterocycles. The minimum Gasteiger partial charge on any atom is -0.481 e. The van der Waals surface area contributed by atoms with E-state index in [1.165, 1.54) is 18.6 Å². The molecule has 0 bridgehead atoms. The molecule has 1 aromatic heterocycles. The van der Waals surface area contributed by atoms with Crippen molar-refractivity contribution >= 4 is 41.3 Å². The molecule has 5 amide bonds. The van der Waals surface area contributed by atoms with Gasteiger partial charge in [0.15, 0.2) is 0 Å². The van der Waals surface area contributed by atoms with Gasteiger partial charge in [0.2, 0.25) is 23.5 Å². The molecule has 1 saturated carbocycles. The number of aromatic nitrogens is 2. The molecule has 272 valence electrons. The third-order valence-corrected chi connectivity index (χ3v) is 8.73. The molecule has 6 N–H and O–H groups in total. The zero-order chi connectivity index (χ0) is 36.5. The number of nitrogens with one attached hydrogen (secondary N) is 5. The van der Waals surface area contributed by atoms with E-state index in [9.17, 15) is 33.6 Å². The highest BCUT2D eigenvalue weighted by Crippen LogP contribution is 2.27. The van der Waals surface area contributed by atoms with Crippen LogP contribution in [0.25, 0.3) is 0 Å². The molecule has 0 aromatic carbocycles. The van der Waals surface area contributed by atoms with Gasteiger partial charge in [-0.25, -0.2) is 4.98 Å². The molecule has 1 aromatic rings. The number of ketones is 1. The maximum atomic E-state index is 13.9. The number of aliphatic carboxylic acids is 1. The summed E-state index contributed by atoms with van der Waals surface area (Å²) in [6.07, 6.45) is 9.71. The predicted molar refractivity (Wildman–Crippen MR) is 180 cm³/mol. The molecule has 15 heteroatoms. The lowest BCUT2D eigenvalue weighted by Gasteiger charge is -2.31. The van der Waals surface area contributed by atoms with Crippen molar-refractivity contribution in [2.75, 3.05) is 6.54 Å². The molecular weight excluding hydrogens is 634 g/mol. The smallest absolute Gasteiger partial charge is 0.305 e. The lowest BCUT2D eigenvalue weighted by atomic mass is 9.84. The molecule has 0 radical (unpaired) electrons. The number of carboxylic acid groups (broad SMARTS) is 1. The minimum absolute atomic E-state index is 0.0193. The van der Waals surface area contributed by atoms with E-state index in [2.05, 4.69) is 36.6 Å². The van der Waals surface area contributed by atoms with Crippen molar-refractivity contribution in [3.63, 3.8) is 0 Å². The van der Waals surface area contributed by atoms with Crippen LogP contribution in [0.1, 0.15) is 109 Å². The highest BCUT2D eigenvalue weighted by Gasteiger charge is 2.35. The quantitative estimate of drug-likeness (QED) is 0.109. The van der Waals surface area contributed by atoms with Crippen LogP contribution in [-0.2, 0) is 28.8 Å². The van der Waals surface area contributed by atoms with E-state index >= 15 is 0 Å². The van der Waals surface area contributed by atoms with Gasteiger partial charge in [-0.15, -0.1) is 0 Å². The van der Waals surface area contributed by atoms with Crippen LogP contribution in [0, 0.1) is 17.8 Å². The number of carboxylic acids is 1. The fourth-order valence-corrected chi connectivity index (χ4v) is 5.71. The van der Waals surface area contributed by atoms with Gasteiger partial charge < -0.3 is 31.7 Å². The molecule has 49 heavy (non-hydrogen) atoms. The normalized spacial score (nSPS) is 16.3. The molecule has 5 atom stereocenters. The van der Waals surface area contributed by atoms with Gasteiger partial charge in [0.05, 0.1) is 18.7 Å². The second-order valence-corrected chi connectivity index (χ2v) is 13.2. The van der Waals surface area contributed by atoms with Crippen molar-refractivity contribution in [2.45, 2.75) is 123 Å². The van der Waals surface area contributed by atoms with Gasteiger partial charge in [-0.2, -0.15) is 0 Å². The Hall–Kier alpha value is -4.43. The topological polar surface area (TPSA) is 226 Å². The molecule has 1 aliphatic rings. The lowest BCUT2D eigenvalue weighted by Crippen LogP contribution is -2.60. The molecule has 1 aliphatic carbocycles. The zero-order valence-electron chi connectivity index (χ0n) is 29.3. The fraction of sp³-hybridized carbons (Fsp3) is 0.676. The Balaban J connectivity index is 2.25. The van der Waals surface area contributed by atoms with Crippen molar-refractivity contribution in [1.29, 1.82) is 0 Å². The van der Waals surface area contributed by atoms with Crippen molar-refractivity contribution < 1.29 is 38.7 Å². The number of rotatable bonds is 20. The van der Waals surface area contributed by atoms with E-state index in [1.807, 2.05) is 20.8 Å². The standard InChI is InChI=1S/C34H53N7O8/c1-6-21(5)28(41-31(46)24(17-20(3)4)39-32(47)26-19-35-15-16-36-26)33(48)40-25(18-22-11-9-8-10-12-22)30(45)38-23(7-2)29(44)34(49)37-14-13-27(42)43/h15-16,19-25,28H,6-14,17-18H2,1-5H3,(H,37,49)(H,38,45)(H,39,47)(H,40,48)(H,41,46)(H,42,43)/t21-,23-,24-,25-,28-/m0/s1. The van der Waals surface area contributed by atoms with Gasteiger partial charge >= 0.3 is 5.97 Å².